The van der Waals surface area contributed by atoms with Crippen LogP contribution in [0.25, 0.3) is 66.8 Å². The van der Waals surface area contributed by atoms with Gasteiger partial charge in [0.05, 0.1) is 11.1 Å². The van der Waals surface area contributed by atoms with Crippen LogP contribution in [0.5, 0.6) is 0 Å². The molecule has 138 heavy (non-hydrogen) atoms. The van der Waals surface area contributed by atoms with Crippen molar-refractivity contribution in [3.63, 3.8) is 0 Å². The van der Waals surface area contributed by atoms with Gasteiger partial charge < -0.3 is 19.6 Å². The van der Waals surface area contributed by atoms with Gasteiger partial charge in [0.2, 0.25) is 0 Å². The zero-order chi connectivity index (χ0) is 96.6. The van der Waals surface area contributed by atoms with Gasteiger partial charge in [0.25, 0.3) is 13.4 Å². The molecule has 2 aliphatic carbocycles. The van der Waals surface area contributed by atoms with Gasteiger partial charge in [0.1, 0.15) is 0 Å². The van der Waals surface area contributed by atoms with E-state index in [2.05, 4.69) is 515 Å². The predicted molar refractivity (Wildman–Crippen MR) is 594 cm³/mol. The number of fused-ring (bicyclic) bond motifs is 24. The first kappa shape index (κ1) is 88.8. The highest BCUT2D eigenvalue weighted by Crippen LogP contribution is 2.67. The molecule has 1 spiro atoms. The minimum Gasteiger partial charge on any atom is -0.311 e. The van der Waals surface area contributed by atoms with Crippen LogP contribution in [-0.2, 0) is 54.1 Å². The maximum absolute atomic E-state index is 2.89. The van der Waals surface area contributed by atoms with Crippen molar-refractivity contribution < 1.29 is 0 Å². The minimum absolute atomic E-state index is 0.181. The Morgan fingerprint density at radius 3 is 1.00 bits per heavy atom. The fourth-order valence-electron chi connectivity index (χ4n) is 24.6. The molecule has 5 aliphatic heterocycles. The third kappa shape index (κ3) is 13.5. The van der Waals surface area contributed by atoms with Crippen molar-refractivity contribution in [2.24, 2.45) is 0 Å². The van der Waals surface area contributed by atoms with Crippen LogP contribution in [0, 0.1) is 0 Å². The summed E-state index contributed by atoms with van der Waals surface area (Å²) in [6, 6.07) is 128. The van der Waals surface area contributed by atoms with Crippen molar-refractivity contribution in [3.05, 3.63) is 393 Å². The van der Waals surface area contributed by atoms with E-state index < -0.39 is 16.2 Å². The van der Waals surface area contributed by atoms with Gasteiger partial charge in [0.15, 0.2) is 0 Å². The highest BCUT2D eigenvalue weighted by molar-refractivity contribution is 7.03. The molecular weight excluding hydrogens is 1660 g/mol. The van der Waals surface area contributed by atoms with Crippen LogP contribution in [0.3, 0.4) is 0 Å². The minimum atomic E-state index is -0.721. The van der Waals surface area contributed by atoms with Crippen molar-refractivity contribution in [1.82, 2.24) is 0 Å². The van der Waals surface area contributed by atoms with Gasteiger partial charge in [0, 0.05) is 79.1 Å². The summed E-state index contributed by atoms with van der Waals surface area (Å²) in [5.41, 5.74) is 51.3. The Morgan fingerprint density at radius 2 is 0.558 bits per heavy atom. The van der Waals surface area contributed by atoms with Crippen molar-refractivity contribution in [3.8, 4) is 66.8 Å². The van der Waals surface area contributed by atoms with E-state index >= 15 is 0 Å². The van der Waals surface area contributed by atoms with Crippen LogP contribution >= 0.6 is 0 Å². The highest BCUT2D eigenvalue weighted by atomic mass is 15.2. The van der Waals surface area contributed by atoms with E-state index in [4.69, 9.17) is 0 Å². The van der Waals surface area contributed by atoms with Crippen LogP contribution in [0.1, 0.15) is 258 Å². The molecule has 0 aromatic heterocycles. The third-order valence-corrected chi connectivity index (χ3v) is 32.1. The molecule has 0 radical (unpaired) electrons. The molecule has 6 bridgehead atoms. The quantitative estimate of drug-likeness (QED) is 0.154. The Labute approximate surface area is 822 Å². The van der Waals surface area contributed by atoms with E-state index in [9.17, 15) is 0 Å². The first-order chi connectivity index (χ1) is 65.3. The fraction of sp³-hybridized carbons (Fsp3) is 0.273. The van der Waals surface area contributed by atoms with Gasteiger partial charge in [-0.3, -0.25) is 0 Å². The van der Waals surface area contributed by atoms with Crippen molar-refractivity contribution in [2.75, 3.05) is 19.6 Å². The second kappa shape index (κ2) is 30.2. The molecule has 0 amide bonds. The second-order valence-corrected chi connectivity index (χ2v) is 49.8. The number of nitrogens with zero attached hydrogens (tertiary/aromatic N) is 4. The monoisotopic (exact) mass is 1790 g/mol. The average molecular weight is 1790 g/mol. The van der Waals surface area contributed by atoms with Crippen LogP contribution in [0.4, 0.5) is 68.2 Å². The zero-order valence-corrected chi connectivity index (χ0v) is 86.0. The summed E-state index contributed by atoms with van der Waals surface area (Å²) in [6.45, 7) is 62.5. The molecule has 16 aromatic rings. The normalized spacial score (nSPS) is 15.1. The molecule has 23 rings (SSSR count). The summed E-state index contributed by atoms with van der Waals surface area (Å²) in [5.74, 6) is 0. The van der Waals surface area contributed by atoms with Gasteiger partial charge in [-0.1, -0.05) is 411 Å². The first-order valence-corrected chi connectivity index (χ1v) is 50.6. The van der Waals surface area contributed by atoms with Crippen molar-refractivity contribution >= 4 is 114 Å². The summed E-state index contributed by atoms with van der Waals surface area (Å²) >= 11 is 0. The zero-order valence-electron chi connectivity index (χ0n) is 86.0. The summed E-state index contributed by atoms with van der Waals surface area (Å²) in [5, 5.41) is 0. The largest absolute Gasteiger partial charge is 0.311 e. The Balaban J connectivity index is 0.942. The Bertz CT molecular complexity index is 7670. The molecule has 16 aromatic carbocycles. The summed E-state index contributed by atoms with van der Waals surface area (Å²) < 4.78 is 0. The Hall–Kier alpha value is -13.2. The van der Waals surface area contributed by atoms with Gasteiger partial charge in [-0.15, -0.1) is 0 Å². The lowest BCUT2D eigenvalue weighted by Gasteiger charge is -2.49. The SMILES string of the molecule is CC(C)(C)c1cc(-c2cc3c4c(c2)N2c5cc6c(cc5B4c4ccccc4N3c3cc(C(C)(C)C)cc(C(C)(C)C)c3)B3c4ccccc4N(c4cc(C(C)(C)C)cc(C(C)(C)C)c4)c4cc(-c5cccc7c5C5(c8ccccc8-c8ccccc85)c5ccccc5-7)cc(c43)N6c3cc(C(C)(C)C)cc(c3)C(C)(C)c3c(C(C)(C)C)cc(-c4ccccc4)c2c3-c2ccccc2)cc(C(C)(C)C)c1. The lowest BCUT2D eigenvalue weighted by molar-refractivity contribution is 0.547. The van der Waals surface area contributed by atoms with Crippen LogP contribution in [0.15, 0.2) is 315 Å². The van der Waals surface area contributed by atoms with E-state index in [0.29, 0.717) is 0 Å². The molecule has 684 valence electrons. The van der Waals surface area contributed by atoms with Crippen LogP contribution < -0.4 is 52.4 Å². The molecule has 0 saturated heterocycles. The van der Waals surface area contributed by atoms with E-state index in [-0.39, 0.29) is 51.3 Å². The fourth-order valence-corrected chi connectivity index (χ4v) is 24.6. The summed E-state index contributed by atoms with van der Waals surface area (Å²) in [6.07, 6.45) is 0. The van der Waals surface area contributed by atoms with E-state index in [1.807, 2.05) is 0 Å². The first-order valence-electron chi connectivity index (χ1n) is 50.6. The maximum atomic E-state index is 2.89. The van der Waals surface area contributed by atoms with Gasteiger partial charge >= 0.3 is 0 Å². The topological polar surface area (TPSA) is 13.0 Å². The van der Waals surface area contributed by atoms with Crippen molar-refractivity contribution in [2.45, 2.75) is 234 Å². The molecule has 4 nitrogen and oxygen atoms in total. The molecule has 0 fully saturated rings. The molecule has 0 unspecified atom stereocenters. The number of rotatable bonds is 6. The molecule has 5 heterocycles. The van der Waals surface area contributed by atoms with Crippen LogP contribution in [-0.4, -0.2) is 13.4 Å². The smallest absolute Gasteiger partial charge is 0.252 e. The molecule has 0 N–H and O–H groups in total. The lowest BCUT2D eigenvalue weighted by atomic mass is 9.30. The Kier molecular flexibility index (Phi) is 19.4. The number of hydrogen-bond acceptors (Lipinski definition) is 4. The van der Waals surface area contributed by atoms with Gasteiger partial charge in [-0.25, -0.2) is 0 Å². The highest BCUT2D eigenvalue weighted by Gasteiger charge is 2.56. The standard InChI is InChI=1S/C132H130B2N4/c1-123(2,3)84-60-81(61-85(66-84)124(4,5)6)82-62-113-121-116(63-82)138-112-78-111-107(77-108(112)134(121)106-57-40-41-58-109(106)135(113)92-70-86(125(7,8)9)67-87(71-92)126(10,11)12)133-105-56-39-42-59-110(105)136(93-72-88(127(13,14)15)68-89(73-93)128(16,17)18)114-64-83(95-51-43-52-99-98-50-35-38-55-103(98)132(118(95)99)101-53-36-33-48-96(101)97-49-34-37-54-102(97)132)65-115(120(114)133)137(111)94-74-90(129(19,20)21)69-91(75-94)131(25,26)119-104(130(22,23)24)76-100(79-44-29-27-30-45-79)122(138)117(119)80-46-31-28-32-47-80/h27-78H,1-26H3. The predicted octanol–water partition coefficient (Wildman–Crippen LogP) is 31.9. The Morgan fingerprint density at radius 1 is 0.217 bits per heavy atom. The molecular formula is C132H130B2N4. The maximum Gasteiger partial charge on any atom is 0.252 e. The van der Waals surface area contributed by atoms with E-state index in [1.54, 1.807) is 0 Å². The number of anilines is 12. The second-order valence-electron chi connectivity index (χ2n) is 49.8. The lowest BCUT2D eigenvalue weighted by Crippen LogP contribution is -2.65. The molecule has 0 atom stereocenters. The third-order valence-electron chi connectivity index (χ3n) is 32.1. The number of hydrogen-bond donors (Lipinski definition) is 0. The van der Waals surface area contributed by atoms with E-state index in [0.717, 1.165) is 50.9 Å². The van der Waals surface area contributed by atoms with Gasteiger partial charge in [-0.2, -0.15) is 0 Å². The molecule has 6 heteroatoms. The van der Waals surface area contributed by atoms with Crippen molar-refractivity contribution in [1.29, 1.82) is 0 Å². The van der Waals surface area contributed by atoms with Gasteiger partial charge in [-0.05, 0) is 295 Å². The summed E-state index contributed by atoms with van der Waals surface area (Å²) in [7, 11) is 0. The number of para-hydroxylation sites is 2. The van der Waals surface area contributed by atoms with E-state index in [1.165, 1.54) is 195 Å². The summed E-state index contributed by atoms with van der Waals surface area (Å²) in [4.78, 5) is 11.2. The number of benzene rings is 16. The average Bonchev–Trinajstić information content (AvgIpc) is 1.30. The molecule has 7 aliphatic rings. The molecule has 0 saturated carbocycles. The van der Waals surface area contributed by atoms with Crippen LogP contribution in [0.2, 0.25) is 0 Å².